The molecule has 2 aromatic heterocycles. The molecule has 0 aromatic carbocycles. The fourth-order valence-corrected chi connectivity index (χ4v) is 3.09. The van der Waals surface area contributed by atoms with Crippen LogP contribution in [0.1, 0.15) is 32.3 Å². The monoisotopic (exact) mass is 338 g/mol. The Kier molecular flexibility index (Phi) is 4.17. The smallest absolute Gasteiger partial charge is 0.178 e. The molecule has 2 aromatic rings. The highest BCUT2D eigenvalue weighted by Crippen LogP contribution is 2.44. The van der Waals surface area contributed by atoms with E-state index in [4.69, 9.17) is 8.83 Å². The molecule has 5 nitrogen and oxygen atoms in total. The molecule has 1 saturated carbocycles. The minimum atomic E-state index is -1.32. The first-order valence-electron chi connectivity index (χ1n) is 7.92. The number of furan rings is 2. The summed E-state index contributed by atoms with van der Waals surface area (Å²) in [5.74, 6) is -1.77. The summed E-state index contributed by atoms with van der Waals surface area (Å²) >= 11 is 0. The zero-order valence-electron chi connectivity index (χ0n) is 14.2. The average Bonchev–Trinajstić information content (AvgIpc) is 3.21. The fraction of sp³-hybridized carbons (Fsp3) is 0.250. The van der Waals surface area contributed by atoms with Crippen LogP contribution in [-0.4, -0.2) is 17.3 Å². The first kappa shape index (κ1) is 16.9. The lowest BCUT2D eigenvalue weighted by Crippen LogP contribution is -2.45. The third-order valence-corrected chi connectivity index (χ3v) is 4.47. The lowest BCUT2D eigenvalue weighted by atomic mass is 9.63. The molecular weight excluding hydrogens is 320 g/mol. The van der Waals surface area contributed by atoms with Gasteiger partial charge in [-0.15, -0.1) is 0 Å². The molecule has 5 heteroatoms. The van der Waals surface area contributed by atoms with E-state index in [2.05, 4.69) is 0 Å². The van der Waals surface area contributed by atoms with E-state index in [1.54, 1.807) is 50.3 Å². The van der Waals surface area contributed by atoms with Crippen molar-refractivity contribution in [2.75, 3.05) is 0 Å². The van der Waals surface area contributed by atoms with Crippen LogP contribution in [0.5, 0.6) is 0 Å². The van der Waals surface area contributed by atoms with Gasteiger partial charge in [-0.25, -0.2) is 0 Å². The average molecular weight is 338 g/mol. The highest BCUT2D eigenvalue weighted by molar-refractivity contribution is 6.32. The minimum Gasteiger partial charge on any atom is -0.465 e. The number of carbonyl (C=O) groups is 3. The number of hydrogen-bond donors (Lipinski definition) is 0. The quantitative estimate of drug-likeness (QED) is 0.629. The third kappa shape index (κ3) is 2.93. The molecule has 1 aliphatic rings. The van der Waals surface area contributed by atoms with Gasteiger partial charge in [-0.05, 0) is 43.3 Å². The van der Waals surface area contributed by atoms with Gasteiger partial charge in [-0.2, -0.15) is 0 Å². The van der Waals surface area contributed by atoms with Crippen molar-refractivity contribution in [3.63, 3.8) is 0 Å². The Hall–Kier alpha value is -2.95. The van der Waals surface area contributed by atoms with Crippen LogP contribution in [0.4, 0.5) is 0 Å². The van der Waals surface area contributed by atoms with Crippen LogP contribution in [-0.2, 0) is 14.4 Å². The van der Waals surface area contributed by atoms with Crippen molar-refractivity contribution in [1.29, 1.82) is 0 Å². The second-order valence-corrected chi connectivity index (χ2v) is 6.54. The Labute approximate surface area is 145 Å². The maximum atomic E-state index is 12.9. The van der Waals surface area contributed by atoms with Gasteiger partial charge in [0.25, 0.3) is 0 Å². The van der Waals surface area contributed by atoms with Crippen molar-refractivity contribution in [3.8, 4) is 0 Å². The van der Waals surface area contributed by atoms with Crippen LogP contribution in [0.2, 0.25) is 0 Å². The van der Waals surface area contributed by atoms with E-state index in [1.165, 1.54) is 19.5 Å². The number of carbonyl (C=O) groups excluding carboxylic acids is 3. The van der Waals surface area contributed by atoms with E-state index in [9.17, 15) is 14.4 Å². The first-order chi connectivity index (χ1) is 11.8. The second-order valence-electron chi connectivity index (χ2n) is 6.54. The van der Waals surface area contributed by atoms with Crippen LogP contribution < -0.4 is 0 Å². The van der Waals surface area contributed by atoms with E-state index < -0.39 is 28.7 Å². The van der Waals surface area contributed by atoms with E-state index >= 15 is 0 Å². The zero-order chi connectivity index (χ0) is 18.2. The Morgan fingerprint density at radius 2 is 1.40 bits per heavy atom. The summed E-state index contributed by atoms with van der Waals surface area (Å²) in [5.41, 5.74) is -0.167. The summed E-state index contributed by atoms with van der Waals surface area (Å²) < 4.78 is 10.6. The van der Waals surface area contributed by atoms with Gasteiger partial charge in [-0.3, -0.25) is 14.4 Å². The molecule has 0 N–H and O–H groups in total. The molecule has 25 heavy (non-hydrogen) atoms. The second kappa shape index (κ2) is 6.16. The Balaban J connectivity index is 2.19. The first-order valence-corrected chi connectivity index (χ1v) is 7.92. The zero-order valence-corrected chi connectivity index (χ0v) is 14.2. The van der Waals surface area contributed by atoms with Gasteiger partial charge in [0, 0.05) is 16.6 Å². The van der Waals surface area contributed by atoms with Crippen molar-refractivity contribution in [2.45, 2.75) is 20.8 Å². The number of allylic oxidation sites excluding steroid dienone is 2. The molecule has 1 fully saturated rings. The molecule has 0 amide bonds. The number of Topliss-reactive ketones (excluding diaryl/α,β-unsaturated/α-hetero) is 3. The number of rotatable bonds is 3. The predicted molar refractivity (Wildman–Crippen MR) is 91.3 cm³/mol. The van der Waals surface area contributed by atoms with E-state index in [0.29, 0.717) is 22.7 Å². The summed E-state index contributed by atoms with van der Waals surface area (Å²) in [6.07, 6.45) is 6.20. The van der Waals surface area contributed by atoms with Gasteiger partial charge < -0.3 is 8.83 Å². The standard InChI is InChI=1S/C20H18O5/c1-12(21)17-18(22)15(10-13-6-4-8-24-13)20(2,3)16(19(17)23)11-14-7-5-9-25-14/h4-11,17H,1-3H3/b15-10-,16-11+. The summed E-state index contributed by atoms with van der Waals surface area (Å²) in [4.78, 5) is 37.7. The molecule has 3 rings (SSSR count). The molecule has 0 spiro atoms. The van der Waals surface area contributed by atoms with Crippen molar-refractivity contribution < 1.29 is 23.2 Å². The molecule has 1 aliphatic carbocycles. The highest BCUT2D eigenvalue weighted by Gasteiger charge is 2.49. The number of ketones is 3. The van der Waals surface area contributed by atoms with Gasteiger partial charge in [0.05, 0.1) is 12.5 Å². The summed E-state index contributed by atoms with van der Waals surface area (Å²) in [5, 5.41) is 0. The largest absolute Gasteiger partial charge is 0.465 e. The Bertz CT molecular complexity index is 810. The predicted octanol–water partition coefficient (Wildman–Crippen LogP) is 3.72. The lowest BCUT2D eigenvalue weighted by molar-refractivity contribution is -0.138. The summed E-state index contributed by atoms with van der Waals surface area (Å²) in [6, 6.07) is 6.84. The van der Waals surface area contributed by atoms with Gasteiger partial charge in [0.1, 0.15) is 23.2 Å². The van der Waals surface area contributed by atoms with Crippen molar-refractivity contribution >= 4 is 29.5 Å². The topological polar surface area (TPSA) is 77.5 Å². The minimum absolute atomic E-state index is 0.361. The molecule has 2 heterocycles. The normalized spacial score (nSPS) is 23.4. The van der Waals surface area contributed by atoms with Gasteiger partial charge >= 0.3 is 0 Å². The molecule has 0 bridgehead atoms. The SMILES string of the molecule is CC(=O)C1C(=O)/C(=C\c2ccco2)C(C)(C)/C(=C\c2ccco2)C1=O. The fourth-order valence-electron chi connectivity index (χ4n) is 3.09. The molecule has 1 unspecified atom stereocenters. The number of hydrogen-bond acceptors (Lipinski definition) is 5. The molecular formula is C20H18O5. The highest BCUT2D eigenvalue weighted by atomic mass is 16.3. The van der Waals surface area contributed by atoms with Gasteiger partial charge in [0.15, 0.2) is 11.6 Å². The summed E-state index contributed by atoms with van der Waals surface area (Å²) in [7, 11) is 0. The van der Waals surface area contributed by atoms with Crippen LogP contribution >= 0.6 is 0 Å². The third-order valence-electron chi connectivity index (χ3n) is 4.47. The van der Waals surface area contributed by atoms with Gasteiger partial charge in [-0.1, -0.05) is 13.8 Å². The molecule has 0 saturated heterocycles. The Morgan fingerprint density at radius 1 is 0.960 bits per heavy atom. The van der Waals surface area contributed by atoms with Gasteiger partial charge in [0.2, 0.25) is 0 Å². The van der Waals surface area contributed by atoms with Crippen LogP contribution in [0, 0.1) is 11.3 Å². The van der Waals surface area contributed by atoms with Crippen LogP contribution in [0.3, 0.4) is 0 Å². The molecule has 0 radical (unpaired) electrons. The van der Waals surface area contributed by atoms with Crippen molar-refractivity contribution in [3.05, 3.63) is 59.5 Å². The maximum Gasteiger partial charge on any atom is 0.178 e. The van der Waals surface area contributed by atoms with Crippen LogP contribution in [0.15, 0.2) is 56.8 Å². The molecule has 128 valence electrons. The Morgan fingerprint density at radius 3 is 1.72 bits per heavy atom. The molecule has 1 atom stereocenters. The van der Waals surface area contributed by atoms with Crippen molar-refractivity contribution in [2.24, 2.45) is 11.3 Å². The van der Waals surface area contributed by atoms with E-state index in [1.807, 2.05) is 0 Å². The molecule has 0 aliphatic heterocycles. The van der Waals surface area contributed by atoms with E-state index in [-0.39, 0.29) is 0 Å². The lowest BCUT2D eigenvalue weighted by Gasteiger charge is -2.36. The van der Waals surface area contributed by atoms with Crippen molar-refractivity contribution in [1.82, 2.24) is 0 Å². The van der Waals surface area contributed by atoms with E-state index in [0.717, 1.165) is 0 Å². The van der Waals surface area contributed by atoms with Crippen LogP contribution in [0.25, 0.3) is 12.2 Å². The summed E-state index contributed by atoms with van der Waals surface area (Å²) in [6.45, 7) is 4.82. The maximum absolute atomic E-state index is 12.9.